The van der Waals surface area contributed by atoms with Gasteiger partial charge in [0.25, 0.3) is 0 Å². The van der Waals surface area contributed by atoms with Crippen LogP contribution in [-0.4, -0.2) is 49.5 Å². The standard InChI is InChI=1S/C17H20N6O/c1-17(2,13-8-18-14-6-4-3-5-12(13)14)16(24)23-9-11(10-23)7-15-19-21-22-20-15/h3-6,8,11,18H,7,9-10H2,1-2H3,(H,19,20,21,22). The van der Waals surface area contributed by atoms with E-state index in [0.717, 1.165) is 36.0 Å². The van der Waals surface area contributed by atoms with Crippen LogP contribution < -0.4 is 0 Å². The number of nitrogens with zero attached hydrogens (tertiary/aromatic N) is 4. The first-order chi connectivity index (χ1) is 11.6. The van der Waals surface area contributed by atoms with E-state index in [1.54, 1.807) is 0 Å². The molecular weight excluding hydrogens is 304 g/mol. The average Bonchev–Trinajstić information content (AvgIpc) is 3.19. The van der Waals surface area contributed by atoms with Crippen LogP contribution in [0.25, 0.3) is 10.9 Å². The Morgan fingerprint density at radius 3 is 2.88 bits per heavy atom. The van der Waals surface area contributed by atoms with Gasteiger partial charge in [-0.3, -0.25) is 4.79 Å². The lowest BCUT2D eigenvalue weighted by Gasteiger charge is -2.43. The molecule has 0 radical (unpaired) electrons. The lowest BCUT2D eigenvalue weighted by atomic mass is 9.81. The Morgan fingerprint density at radius 1 is 1.33 bits per heavy atom. The van der Waals surface area contributed by atoms with Crippen molar-refractivity contribution in [1.82, 2.24) is 30.5 Å². The second-order valence-corrected chi connectivity index (χ2v) is 6.98. The molecule has 0 aliphatic carbocycles. The predicted octanol–water partition coefficient (Wildman–Crippen LogP) is 1.66. The fourth-order valence-electron chi connectivity index (χ4n) is 3.49. The maximum Gasteiger partial charge on any atom is 0.232 e. The van der Waals surface area contributed by atoms with E-state index in [1.807, 2.05) is 43.1 Å². The highest BCUT2D eigenvalue weighted by molar-refractivity contribution is 5.95. The van der Waals surface area contributed by atoms with Crippen LogP contribution in [0.15, 0.2) is 30.5 Å². The van der Waals surface area contributed by atoms with Crippen molar-refractivity contribution >= 4 is 16.8 Å². The van der Waals surface area contributed by atoms with Gasteiger partial charge in [0, 0.05) is 42.5 Å². The SMILES string of the molecule is CC(C)(C(=O)N1CC(Cc2nn[nH]n2)C1)c1c[nH]c2ccccc12. The van der Waals surface area contributed by atoms with Crippen molar-refractivity contribution in [2.45, 2.75) is 25.7 Å². The summed E-state index contributed by atoms with van der Waals surface area (Å²) < 4.78 is 0. The largest absolute Gasteiger partial charge is 0.361 e. The van der Waals surface area contributed by atoms with Gasteiger partial charge in [0.1, 0.15) is 0 Å². The molecule has 3 heterocycles. The van der Waals surface area contributed by atoms with Gasteiger partial charge in [-0.2, -0.15) is 5.21 Å². The van der Waals surface area contributed by atoms with Crippen molar-refractivity contribution < 1.29 is 4.79 Å². The fourth-order valence-corrected chi connectivity index (χ4v) is 3.49. The van der Waals surface area contributed by atoms with Crippen LogP contribution in [0.2, 0.25) is 0 Å². The summed E-state index contributed by atoms with van der Waals surface area (Å²) in [7, 11) is 0. The minimum atomic E-state index is -0.559. The van der Waals surface area contributed by atoms with Crippen LogP contribution in [0.3, 0.4) is 0 Å². The van der Waals surface area contributed by atoms with E-state index in [2.05, 4.69) is 31.7 Å². The van der Waals surface area contributed by atoms with E-state index in [4.69, 9.17) is 0 Å². The monoisotopic (exact) mass is 324 g/mol. The third-order valence-corrected chi connectivity index (χ3v) is 4.90. The molecular formula is C17H20N6O. The number of para-hydroxylation sites is 1. The van der Waals surface area contributed by atoms with Gasteiger partial charge in [-0.1, -0.05) is 23.4 Å². The molecule has 1 amide bonds. The summed E-state index contributed by atoms with van der Waals surface area (Å²) in [6.07, 6.45) is 2.72. The maximum atomic E-state index is 13.0. The number of nitrogens with one attached hydrogen (secondary N) is 2. The number of rotatable bonds is 4. The first-order valence-electron chi connectivity index (χ1n) is 8.14. The van der Waals surface area contributed by atoms with Crippen molar-refractivity contribution in [3.63, 3.8) is 0 Å². The van der Waals surface area contributed by atoms with Crippen LogP contribution in [0, 0.1) is 5.92 Å². The summed E-state index contributed by atoms with van der Waals surface area (Å²) in [5.74, 6) is 1.28. The fraction of sp³-hybridized carbons (Fsp3) is 0.412. The Bertz CT molecular complexity index is 860. The molecule has 0 saturated carbocycles. The summed E-state index contributed by atoms with van der Waals surface area (Å²) >= 11 is 0. The van der Waals surface area contributed by atoms with Crippen LogP contribution in [0.4, 0.5) is 0 Å². The zero-order valence-corrected chi connectivity index (χ0v) is 13.8. The minimum absolute atomic E-state index is 0.164. The van der Waals surface area contributed by atoms with E-state index in [1.165, 1.54) is 0 Å². The lowest BCUT2D eigenvalue weighted by molar-refractivity contribution is -0.142. The number of carbonyl (C=O) groups is 1. The zero-order valence-electron chi connectivity index (χ0n) is 13.8. The van der Waals surface area contributed by atoms with Gasteiger partial charge in [0.2, 0.25) is 5.91 Å². The third kappa shape index (κ3) is 2.36. The molecule has 2 aromatic heterocycles. The van der Waals surface area contributed by atoms with Crippen LogP contribution in [0.1, 0.15) is 25.2 Å². The van der Waals surface area contributed by atoms with Crippen molar-refractivity contribution in [3.8, 4) is 0 Å². The second-order valence-electron chi connectivity index (χ2n) is 6.98. The second kappa shape index (κ2) is 5.43. The molecule has 4 rings (SSSR count). The first kappa shape index (κ1) is 14.9. The van der Waals surface area contributed by atoms with Gasteiger partial charge in [0.15, 0.2) is 5.82 Å². The lowest BCUT2D eigenvalue weighted by Crippen LogP contribution is -2.55. The number of benzene rings is 1. The summed E-state index contributed by atoms with van der Waals surface area (Å²) in [5, 5.41) is 15.1. The molecule has 0 unspecified atom stereocenters. The number of aromatic amines is 2. The molecule has 1 fully saturated rings. The highest BCUT2D eigenvalue weighted by atomic mass is 16.2. The Balaban J connectivity index is 1.48. The molecule has 24 heavy (non-hydrogen) atoms. The Morgan fingerprint density at radius 2 is 2.12 bits per heavy atom. The maximum absolute atomic E-state index is 13.0. The summed E-state index contributed by atoms with van der Waals surface area (Å²) in [4.78, 5) is 18.2. The van der Waals surface area contributed by atoms with E-state index in [0.29, 0.717) is 11.7 Å². The van der Waals surface area contributed by atoms with E-state index in [9.17, 15) is 4.79 Å². The molecule has 3 aromatic rings. The summed E-state index contributed by atoms with van der Waals surface area (Å²) in [6, 6.07) is 8.09. The van der Waals surface area contributed by atoms with Crippen molar-refractivity contribution in [1.29, 1.82) is 0 Å². The molecule has 0 spiro atoms. The normalized spacial score (nSPS) is 15.7. The zero-order chi connectivity index (χ0) is 16.7. The number of aromatic nitrogens is 5. The van der Waals surface area contributed by atoms with Crippen molar-refractivity contribution in [2.75, 3.05) is 13.1 Å². The molecule has 1 aliphatic rings. The molecule has 1 aliphatic heterocycles. The average molecular weight is 324 g/mol. The van der Waals surface area contributed by atoms with Gasteiger partial charge in [-0.15, -0.1) is 10.2 Å². The van der Waals surface area contributed by atoms with E-state index < -0.39 is 5.41 Å². The topological polar surface area (TPSA) is 90.6 Å². The number of likely N-dealkylation sites (tertiary alicyclic amines) is 1. The van der Waals surface area contributed by atoms with Crippen LogP contribution in [-0.2, 0) is 16.6 Å². The molecule has 124 valence electrons. The van der Waals surface area contributed by atoms with Crippen LogP contribution in [0.5, 0.6) is 0 Å². The number of H-pyrrole nitrogens is 2. The van der Waals surface area contributed by atoms with Gasteiger partial charge in [-0.05, 0) is 25.5 Å². The molecule has 0 atom stereocenters. The molecule has 7 heteroatoms. The number of hydrogen-bond acceptors (Lipinski definition) is 4. The number of tetrazole rings is 1. The Kier molecular flexibility index (Phi) is 3.37. The highest BCUT2D eigenvalue weighted by Gasteiger charge is 2.41. The number of carbonyl (C=O) groups excluding carboxylic acids is 1. The van der Waals surface area contributed by atoms with Gasteiger partial charge < -0.3 is 9.88 Å². The Hall–Kier alpha value is -2.70. The van der Waals surface area contributed by atoms with E-state index in [-0.39, 0.29) is 5.91 Å². The van der Waals surface area contributed by atoms with Crippen molar-refractivity contribution in [3.05, 3.63) is 41.9 Å². The molecule has 1 aromatic carbocycles. The van der Waals surface area contributed by atoms with E-state index >= 15 is 0 Å². The van der Waals surface area contributed by atoms with Crippen molar-refractivity contribution in [2.24, 2.45) is 5.92 Å². The van der Waals surface area contributed by atoms with Gasteiger partial charge in [0.05, 0.1) is 5.41 Å². The minimum Gasteiger partial charge on any atom is -0.361 e. The summed E-state index contributed by atoms with van der Waals surface area (Å²) in [5.41, 5.74) is 1.55. The highest BCUT2D eigenvalue weighted by Crippen LogP contribution is 2.34. The predicted molar refractivity (Wildman–Crippen MR) is 89.3 cm³/mol. The first-order valence-corrected chi connectivity index (χ1v) is 8.14. The molecule has 7 nitrogen and oxygen atoms in total. The molecule has 1 saturated heterocycles. The summed E-state index contributed by atoms with van der Waals surface area (Å²) in [6.45, 7) is 5.49. The third-order valence-electron chi connectivity index (χ3n) is 4.90. The number of hydrogen-bond donors (Lipinski definition) is 2. The quantitative estimate of drug-likeness (QED) is 0.763. The number of fused-ring (bicyclic) bond motifs is 1. The number of amides is 1. The smallest absolute Gasteiger partial charge is 0.232 e. The van der Waals surface area contributed by atoms with Gasteiger partial charge >= 0.3 is 0 Å². The molecule has 2 N–H and O–H groups in total. The Labute approximate surface area is 139 Å². The van der Waals surface area contributed by atoms with Gasteiger partial charge in [-0.25, -0.2) is 0 Å². The molecule has 0 bridgehead atoms. The van der Waals surface area contributed by atoms with Crippen LogP contribution >= 0.6 is 0 Å².